The highest BCUT2D eigenvalue weighted by Crippen LogP contribution is 2.16. The molecule has 2 rings (SSSR count). The first-order chi connectivity index (χ1) is 8.70. The Balaban J connectivity index is 2.04. The molecule has 94 valence electrons. The minimum Gasteiger partial charge on any atom is -0.321 e. The summed E-state index contributed by atoms with van der Waals surface area (Å²) in [5, 5.41) is 12.3. The van der Waals surface area contributed by atoms with E-state index in [4.69, 9.17) is 0 Å². The van der Waals surface area contributed by atoms with Gasteiger partial charge in [-0.2, -0.15) is 5.10 Å². The van der Waals surface area contributed by atoms with Crippen LogP contribution in [-0.2, 0) is 0 Å². The molecule has 1 aromatic heterocycles. The topological polar surface area (TPSA) is 69.8 Å². The molecule has 0 saturated carbocycles. The van der Waals surface area contributed by atoms with Crippen molar-refractivity contribution in [1.29, 1.82) is 0 Å². The lowest BCUT2D eigenvalue weighted by Crippen LogP contribution is -2.14. The van der Waals surface area contributed by atoms with Crippen LogP contribution in [0.3, 0.4) is 0 Å². The molecule has 3 N–H and O–H groups in total. The number of aromatic nitrogens is 2. The van der Waals surface area contributed by atoms with E-state index in [1.165, 1.54) is 5.56 Å². The molecule has 0 radical (unpaired) electrons. The molecule has 5 heteroatoms. The molecule has 18 heavy (non-hydrogen) atoms. The Bertz CT molecular complexity index is 504. The predicted molar refractivity (Wildman–Crippen MR) is 70.5 cm³/mol. The van der Waals surface area contributed by atoms with E-state index < -0.39 is 0 Å². The molecule has 1 atom stereocenters. The summed E-state index contributed by atoms with van der Waals surface area (Å²) < 4.78 is 0. The summed E-state index contributed by atoms with van der Waals surface area (Å²) in [7, 11) is 1.92. The summed E-state index contributed by atoms with van der Waals surface area (Å²) in [5.74, 6) is -0.193. The maximum atomic E-state index is 11.8. The zero-order chi connectivity index (χ0) is 13.0. The summed E-state index contributed by atoms with van der Waals surface area (Å²) in [6, 6.07) is 9.68. The number of amides is 1. The quantitative estimate of drug-likeness (QED) is 0.769. The summed E-state index contributed by atoms with van der Waals surface area (Å²) in [6.07, 6.45) is 1.55. The average Bonchev–Trinajstić information content (AvgIpc) is 2.92. The number of rotatable bonds is 4. The second-order valence-electron chi connectivity index (χ2n) is 4.06. The van der Waals surface area contributed by atoms with Gasteiger partial charge in [0.25, 0.3) is 5.91 Å². The molecule has 0 aliphatic carbocycles. The van der Waals surface area contributed by atoms with Crippen LogP contribution in [0.1, 0.15) is 29.0 Å². The zero-order valence-corrected chi connectivity index (χ0v) is 10.4. The van der Waals surface area contributed by atoms with Crippen molar-refractivity contribution >= 4 is 11.6 Å². The number of nitrogens with one attached hydrogen (secondary N) is 3. The summed E-state index contributed by atoms with van der Waals surface area (Å²) in [6.45, 7) is 2.08. The summed E-state index contributed by atoms with van der Waals surface area (Å²) >= 11 is 0. The smallest absolute Gasteiger partial charge is 0.273 e. The predicted octanol–water partition coefficient (Wildman–Crippen LogP) is 1.94. The number of carbonyl (C=O) groups is 1. The fourth-order valence-electron chi connectivity index (χ4n) is 1.60. The van der Waals surface area contributed by atoms with Gasteiger partial charge in [0.2, 0.25) is 0 Å². The van der Waals surface area contributed by atoms with Crippen LogP contribution < -0.4 is 10.6 Å². The molecule has 0 spiro atoms. The van der Waals surface area contributed by atoms with Crippen LogP contribution in [0.2, 0.25) is 0 Å². The van der Waals surface area contributed by atoms with Crippen LogP contribution in [0.15, 0.2) is 36.5 Å². The van der Waals surface area contributed by atoms with Crippen molar-refractivity contribution in [2.24, 2.45) is 0 Å². The van der Waals surface area contributed by atoms with E-state index >= 15 is 0 Å². The Morgan fingerprint density at radius 3 is 2.56 bits per heavy atom. The maximum absolute atomic E-state index is 11.8. The van der Waals surface area contributed by atoms with Gasteiger partial charge in [-0.3, -0.25) is 9.89 Å². The number of nitrogens with zero attached hydrogens (tertiary/aromatic N) is 1. The Morgan fingerprint density at radius 2 is 2.00 bits per heavy atom. The molecule has 2 aromatic rings. The van der Waals surface area contributed by atoms with Gasteiger partial charge in [-0.1, -0.05) is 12.1 Å². The molecule has 5 nitrogen and oxygen atoms in total. The summed E-state index contributed by atoms with van der Waals surface area (Å²) in [5.41, 5.74) is 2.39. The molecule has 0 saturated heterocycles. The van der Waals surface area contributed by atoms with E-state index in [9.17, 15) is 4.79 Å². The van der Waals surface area contributed by atoms with Crippen LogP contribution in [-0.4, -0.2) is 23.2 Å². The van der Waals surface area contributed by atoms with Crippen LogP contribution in [0.4, 0.5) is 5.69 Å². The first-order valence-electron chi connectivity index (χ1n) is 5.78. The Morgan fingerprint density at radius 1 is 1.28 bits per heavy atom. The third kappa shape index (κ3) is 2.75. The van der Waals surface area contributed by atoms with E-state index in [-0.39, 0.29) is 5.91 Å². The van der Waals surface area contributed by atoms with E-state index in [0.29, 0.717) is 11.7 Å². The third-order valence-electron chi connectivity index (χ3n) is 2.85. The molecule has 0 fully saturated rings. The number of hydrogen-bond donors (Lipinski definition) is 3. The molecule has 0 bridgehead atoms. The van der Waals surface area contributed by atoms with Crippen LogP contribution in [0, 0.1) is 0 Å². The van der Waals surface area contributed by atoms with Gasteiger partial charge in [0.05, 0.1) is 0 Å². The second-order valence-corrected chi connectivity index (χ2v) is 4.06. The maximum Gasteiger partial charge on any atom is 0.273 e. The number of carbonyl (C=O) groups excluding carboxylic acids is 1. The number of anilines is 1. The molecular weight excluding hydrogens is 228 g/mol. The van der Waals surface area contributed by atoms with E-state index in [2.05, 4.69) is 27.8 Å². The van der Waals surface area contributed by atoms with Gasteiger partial charge in [-0.15, -0.1) is 0 Å². The number of aromatic amines is 1. The molecule has 1 aromatic carbocycles. The van der Waals surface area contributed by atoms with Gasteiger partial charge >= 0.3 is 0 Å². The fourth-order valence-corrected chi connectivity index (χ4v) is 1.60. The van der Waals surface area contributed by atoms with Gasteiger partial charge < -0.3 is 10.6 Å². The number of benzene rings is 1. The largest absolute Gasteiger partial charge is 0.321 e. The monoisotopic (exact) mass is 244 g/mol. The molecule has 0 aliphatic rings. The molecular formula is C13H16N4O. The standard InChI is InChI=1S/C13H16N4O/c1-9(14-2)10-3-5-11(6-4-10)16-13(18)12-7-8-15-17-12/h3-9,14H,1-2H3,(H,15,17)(H,16,18). The lowest BCUT2D eigenvalue weighted by molar-refractivity contribution is 0.102. The Labute approximate surface area is 106 Å². The van der Waals surface area contributed by atoms with E-state index in [1.807, 2.05) is 31.3 Å². The van der Waals surface area contributed by atoms with Crippen LogP contribution in [0.5, 0.6) is 0 Å². The van der Waals surface area contributed by atoms with Crippen molar-refractivity contribution in [1.82, 2.24) is 15.5 Å². The van der Waals surface area contributed by atoms with Gasteiger partial charge in [-0.05, 0) is 37.7 Å². The van der Waals surface area contributed by atoms with Crippen molar-refractivity contribution in [2.45, 2.75) is 13.0 Å². The average molecular weight is 244 g/mol. The van der Waals surface area contributed by atoms with Crippen molar-refractivity contribution in [3.63, 3.8) is 0 Å². The SMILES string of the molecule is CNC(C)c1ccc(NC(=O)c2ccn[nH]2)cc1. The highest BCUT2D eigenvalue weighted by Gasteiger charge is 2.07. The lowest BCUT2D eigenvalue weighted by Gasteiger charge is -2.11. The molecule has 1 amide bonds. The van der Waals surface area contributed by atoms with E-state index in [0.717, 1.165) is 5.69 Å². The highest BCUT2D eigenvalue weighted by molar-refractivity contribution is 6.02. The lowest BCUT2D eigenvalue weighted by atomic mass is 10.1. The van der Waals surface area contributed by atoms with Crippen molar-refractivity contribution in [3.8, 4) is 0 Å². The minimum atomic E-state index is -0.193. The summed E-state index contributed by atoms with van der Waals surface area (Å²) in [4.78, 5) is 11.8. The van der Waals surface area contributed by atoms with Crippen LogP contribution >= 0.6 is 0 Å². The molecule has 1 unspecified atom stereocenters. The third-order valence-corrected chi connectivity index (χ3v) is 2.85. The van der Waals surface area contributed by atoms with Crippen molar-refractivity contribution in [2.75, 3.05) is 12.4 Å². The Hall–Kier alpha value is -2.14. The van der Waals surface area contributed by atoms with Crippen molar-refractivity contribution in [3.05, 3.63) is 47.8 Å². The number of H-pyrrole nitrogens is 1. The van der Waals surface area contributed by atoms with Gasteiger partial charge in [0.15, 0.2) is 0 Å². The normalized spacial score (nSPS) is 12.1. The van der Waals surface area contributed by atoms with Gasteiger partial charge in [-0.25, -0.2) is 0 Å². The Kier molecular flexibility index (Phi) is 3.74. The van der Waals surface area contributed by atoms with Crippen LogP contribution in [0.25, 0.3) is 0 Å². The first kappa shape index (κ1) is 12.3. The first-order valence-corrected chi connectivity index (χ1v) is 5.78. The van der Waals surface area contributed by atoms with E-state index in [1.54, 1.807) is 12.3 Å². The highest BCUT2D eigenvalue weighted by atomic mass is 16.1. The fraction of sp³-hybridized carbons (Fsp3) is 0.231. The molecule has 0 aliphatic heterocycles. The van der Waals surface area contributed by atoms with Gasteiger partial charge in [0.1, 0.15) is 5.69 Å². The zero-order valence-electron chi connectivity index (χ0n) is 10.4. The second kappa shape index (κ2) is 5.46. The molecule has 1 heterocycles. The number of hydrogen-bond acceptors (Lipinski definition) is 3. The van der Waals surface area contributed by atoms with Gasteiger partial charge in [0, 0.05) is 17.9 Å². The minimum absolute atomic E-state index is 0.193. The van der Waals surface area contributed by atoms with Crippen molar-refractivity contribution < 1.29 is 4.79 Å².